The Labute approximate surface area is 220 Å². The normalized spacial score (nSPS) is 12.8. The summed E-state index contributed by atoms with van der Waals surface area (Å²) in [6, 6.07) is 13.2. The van der Waals surface area contributed by atoms with Crippen LogP contribution in [0.4, 0.5) is 0 Å². The van der Waals surface area contributed by atoms with Gasteiger partial charge in [-0.3, -0.25) is 0 Å². The lowest BCUT2D eigenvalue weighted by molar-refractivity contribution is -0.142. The van der Waals surface area contributed by atoms with Gasteiger partial charge < -0.3 is 43.7 Å². The smallest absolute Gasteiger partial charge is 0.330 e. The molecular weight excluding hydrogens is 500 g/mol. The van der Waals surface area contributed by atoms with Crippen LogP contribution in [0.1, 0.15) is 0 Å². The predicted molar refractivity (Wildman–Crippen MR) is 135 cm³/mol. The molecule has 0 bridgehead atoms. The van der Waals surface area contributed by atoms with Crippen LogP contribution in [0.3, 0.4) is 0 Å². The minimum atomic E-state index is -1.02. The van der Waals surface area contributed by atoms with Gasteiger partial charge in [0, 0.05) is 24.3 Å². The Morgan fingerprint density at radius 1 is 0.605 bits per heavy atom. The van der Waals surface area contributed by atoms with Crippen LogP contribution in [0.2, 0.25) is 0 Å². The van der Waals surface area contributed by atoms with Crippen molar-refractivity contribution in [2.24, 2.45) is 0 Å². The molecule has 0 aliphatic carbocycles. The van der Waals surface area contributed by atoms with Gasteiger partial charge in [0.05, 0.1) is 0 Å². The summed E-state index contributed by atoms with van der Waals surface area (Å²) >= 11 is 0. The van der Waals surface area contributed by atoms with E-state index in [9.17, 15) is 24.9 Å². The van der Waals surface area contributed by atoms with E-state index in [0.29, 0.717) is 23.0 Å². The van der Waals surface area contributed by atoms with Crippen molar-refractivity contribution < 1.29 is 53.3 Å². The van der Waals surface area contributed by atoms with E-state index in [0.717, 1.165) is 12.2 Å². The first-order chi connectivity index (χ1) is 18.3. The Kier molecular flexibility index (Phi) is 13.2. The standard InChI is InChI=1S/C27H32O11/c1-3-26(31)37-17-20(29)15-35-24-9-5-7-22(11-24)33-13-19(28)14-34-23-8-6-10-25(12-23)36-16-21(30)18-38-27(32)4-2/h3-12,19-21,28-30H,1-2,13-18H2. The number of hydrogen-bond acceptors (Lipinski definition) is 11. The molecule has 2 aromatic rings. The number of ether oxygens (including phenoxy) is 6. The number of esters is 2. The molecule has 11 nitrogen and oxygen atoms in total. The van der Waals surface area contributed by atoms with Crippen molar-refractivity contribution in [3.8, 4) is 23.0 Å². The monoisotopic (exact) mass is 532 g/mol. The molecule has 3 N–H and O–H groups in total. The molecule has 0 aliphatic heterocycles. The number of aliphatic hydroxyl groups excluding tert-OH is 3. The Morgan fingerprint density at radius 3 is 1.18 bits per heavy atom. The summed E-state index contributed by atoms with van der Waals surface area (Å²) < 4.78 is 31.6. The van der Waals surface area contributed by atoms with Gasteiger partial charge in [0.2, 0.25) is 0 Å². The van der Waals surface area contributed by atoms with Crippen LogP contribution in [-0.4, -0.2) is 85.2 Å². The molecule has 0 aromatic heterocycles. The number of benzene rings is 2. The number of carbonyl (C=O) groups is 2. The Balaban J connectivity index is 1.72. The van der Waals surface area contributed by atoms with Gasteiger partial charge in [-0.25, -0.2) is 9.59 Å². The SMILES string of the molecule is C=CC(=O)OCC(O)COc1cccc(OCC(O)COc2cccc(OCC(O)COC(=O)C=C)c2)c1. The Bertz CT molecular complexity index is 958. The summed E-state index contributed by atoms with van der Waals surface area (Å²) in [5.41, 5.74) is 0. The third-order valence-electron chi connectivity index (χ3n) is 4.55. The minimum Gasteiger partial charge on any atom is -0.491 e. The highest BCUT2D eigenvalue weighted by molar-refractivity contribution is 5.81. The number of hydrogen-bond donors (Lipinski definition) is 3. The summed E-state index contributed by atoms with van der Waals surface area (Å²) in [6.45, 7) is 5.77. The van der Waals surface area contributed by atoms with E-state index in [-0.39, 0.29) is 39.6 Å². The van der Waals surface area contributed by atoms with E-state index in [1.807, 2.05) is 0 Å². The predicted octanol–water partition coefficient (Wildman–Crippen LogP) is 1.44. The van der Waals surface area contributed by atoms with E-state index in [4.69, 9.17) is 28.4 Å². The maximum absolute atomic E-state index is 11.0. The second-order valence-electron chi connectivity index (χ2n) is 7.82. The van der Waals surface area contributed by atoms with Crippen molar-refractivity contribution >= 4 is 11.9 Å². The van der Waals surface area contributed by atoms with Crippen LogP contribution in [0.15, 0.2) is 73.8 Å². The van der Waals surface area contributed by atoms with Crippen molar-refractivity contribution in [3.05, 3.63) is 73.8 Å². The average molecular weight is 533 g/mol. The van der Waals surface area contributed by atoms with E-state index < -0.39 is 30.3 Å². The summed E-state index contributed by atoms with van der Waals surface area (Å²) in [6.07, 6.45) is -0.978. The summed E-state index contributed by atoms with van der Waals surface area (Å²) in [5.74, 6) is 0.432. The Morgan fingerprint density at radius 2 is 0.895 bits per heavy atom. The van der Waals surface area contributed by atoms with Crippen molar-refractivity contribution in [2.45, 2.75) is 18.3 Å². The molecule has 2 rings (SSSR count). The summed E-state index contributed by atoms with van der Waals surface area (Å²) in [7, 11) is 0. The molecule has 0 amide bonds. The molecule has 0 spiro atoms. The number of carbonyl (C=O) groups excluding carboxylic acids is 2. The molecule has 0 saturated heterocycles. The quantitative estimate of drug-likeness (QED) is 0.189. The van der Waals surface area contributed by atoms with E-state index in [2.05, 4.69) is 13.2 Å². The molecule has 2 aromatic carbocycles. The molecule has 0 saturated carbocycles. The van der Waals surface area contributed by atoms with Gasteiger partial charge >= 0.3 is 11.9 Å². The molecule has 38 heavy (non-hydrogen) atoms. The maximum atomic E-state index is 11.0. The van der Waals surface area contributed by atoms with E-state index in [1.54, 1.807) is 48.5 Å². The lowest BCUT2D eigenvalue weighted by Gasteiger charge is -2.16. The van der Waals surface area contributed by atoms with Gasteiger partial charge in [-0.2, -0.15) is 0 Å². The second kappa shape index (κ2) is 16.6. The topological polar surface area (TPSA) is 150 Å². The average Bonchev–Trinajstić information content (AvgIpc) is 2.94. The fraction of sp³-hybridized carbons (Fsp3) is 0.333. The third kappa shape index (κ3) is 12.3. The molecule has 0 aliphatic rings. The maximum Gasteiger partial charge on any atom is 0.330 e. The van der Waals surface area contributed by atoms with Crippen molar-refractivity contribution in [1.82, 2.24) is 0 Å². The van der Waals surface area contributed by atoms with Gasteiger partial charge in [0.1, 0.15) is 81.0 Å². The van der Waals surface area contributed by atoms with Crippen LogP contribution in [0, 0.1) is 0 Å². The third-order valence-corrected chi connectivity index (χ3v) is 4.55. The summed E-state index contributed by atoms with van der Waals surface area (Å²) in [4.78, 5) is 22.1. The first kappa shape index (κ1) is 30.2. The minimum absolute atomic E-state index is 0.0601. The van der Waals surface area contributed by atoms with Gasteiger partial charge in [0.15, 0.2) is 0 Å². The van der Waals surface area contributed by atoms with Crippen LogP contribution < -0.4 is 18.9 Å². The molecule has 2 unspecified atom stereocenters. The molecule has 0 heterocycles. The largest absolute Gasteiger partial charge is 0.491 e. The van der Waals surface area contributed by atoms with E-state index in [1.165, 1.54) is 0 Å². The first-order valence-corrected chi connectivity index (χ1v) is 11.6. The van der Waals surface area contributed by atoms with Gasteiger partial charge in [-0.15, -0.1) is 0 Å². The zero-order valence-corrected chi connectivity index (χ0v) is 20.8. The van der Waals surface area contributed by atoms with Crippen molar-refractivity contribution in [2.75, 3.05) is 39.6 Å². The molecule has 11 heteroatoms. The molecule has 206 valence electrons. The number of rotatable bonds is 18. The fourth-order valence-electron chi connectivity index (χ4n) is 2.70. The number of aliphatic hydroxyl groups is 3. The highest BCUT2D eigenvalue weighted by Crippen LogP contribution is 2.21. The zero-order valence-electron chi connectivity index (χ0n) is 20.8. The van der Waals surface area contributed by atoms with Crippen LogP contribution in [-0.2, 0) is 19.1 Å². The summed E-state index contributed by atoms with van der Waals surface area (Å²) in [5, 5.41) is 29.9. The zero-order chi connectivity index (χ0) is 27.8. The molecule has 0 fully saturated rings. The van der Waals surface area contributed by atoms with Crippen molar-refractivity contribution in [3.63, 3.8) is 0 Å². The molecule has 0 radical (unpaired) electrons. The van der Waals surface area contributed by atoms with Gasteiger partial charge in [0.25, 0.3) is 0 Å². The fourth-order valence-corrected chi connectivity index (χ4v) is 2.70. The van der Waals surface area contributed by atoms with E-state index >= 15 is 0 Å². The van der Waals surface area contributed by atoms with Gasteiger partial charge in [-0.1, -0.05) is 25.3 Å². The highest BCUT2D eigenvalue weighted by Gasteiger charge is 2.11. The lowest BCUT2D eigenvalue weighted by atomic mass is 10.3. The molecular formula is C27H32O11. The highest BCUT2D eigenvalue weighted by atomic mass is 16.6. The van der Waals surface area contributed by atoms with Crippen LogP contribution in [0.25, 0.3) is 0 Å². The van der Waals surface area contributed by atoms with Crippen molar-refractivity contribution in [1.29, 1.82) is 0 Å². The van der Waals surface area contributed by atoms with Gasteiger partial charge in [-0.05, 0) is 24.3 Å². The first-order valence-electron chi connectivity index (χ1n) is 11.6. The van der Waals surface area contributed by atoms with Crippen LogP contribution >= 0.6 is 0 Å². The van der Waals surface area contributed by atoms with Crippen LogP contribution in [0.5, 0.6) is 23.0 Å². The molecule has 2 atom stereocenters. The second-order valence-corrected chi connectivity index (χ2v) is 7.82. The Hall–Kier alpha value is -4.06. The lowest BCUT2D eigenvalue weighted by Crippen LogP contribution is -2.25.